The SMILES string of the molecule is Cc1cc(C)cc(OCC(O)CN2CCC(CN3C(=O)c4cccc5cccc(c45)C3=O)CC2)c1.Cl. The number of ether oxygens (including phenoxy) is 1. The van der Waals surface area contributed by atoms with Crippen molar-refractivity contribution < 1.29 is 19.4 Å². The number of rotatable bonds is 7. The minimum Gasteiger partial charge on any atom is -0.491 e. The van der Waals surface area contributed by atoms with Gasteiger partial charge in [0.25, 0.3) is 11.8 Å². The molecule has 2 amide bonds. The summed E-state index contributed by atoms with van der Waals surface area (Å²) in [4.78, 5) is 30.0. The summed E-state index contributed by atoms with van der Waals surface area (Å²) in [7, 11) is 0. The van der Waals surface area contributed by atoms with Crippen LogP contribution in [0.3, 0.4) is 0 Å². The van der Waals surface area contributed by atoms with Crippen LogP contribution in [0, 0.1) is 19.8 Å². The molecular weight excluding hydrogens is 476 g/mol. The fraction of sp³-hybridized carbons (Fsp3) is 0.379. The van der Waals surface area contributed by atoms with E-state index >= 15 is 0 Å². The molecule has 1 unspecified atom stereocenters. The molecule has 1 saturated heterocycles. The number of aryl methyl sites for hydroxylation is 2. The topological polar surface area (TPSA) is 70.1 Å². The maximum Gasteiger partial charge on any atom is 0.261 e. The van der Waals surface area contributed by atoms with Gasteiger partial charge < -0.3 is 14.7 Å². The van der Waals surface area contributed by atoms with Gasteiger partial charge in [0.1, 0.15) is 18.5 Å². The number of carbonyl (C=O) groups is 2. The van der Waals surface area contributed by atoms with Crippen LogP contribution in [0.2, 0.25) is 0 Å². The Morgan fingerprint density at radius 2 is 1.53 bits per heavy atom. The van der Waals surface area contributed by atoms with Crippen molar-refractivity contribution >= 4 is 35.0 Å². The molecule has 2 heterocycles. The maximum absolute atomic E-state index is 13.2. The van der Waals surface area contributed by atoms with Crippen LogP contribution in [0.1, 0.15) is 44.7 Å². The van der Waals surface area contributed by atoms with Crippen molar-refractivity contribution in [2.75, 3.05) is 32.8 Å². The Bertz CT molecular complexity index is 1200. The summed E-state index contributed by atoms with van der Waals surface area (Å²) < 4.78 is 5.81. The van der Waals surface area contributed by atoms with Crippen LogP contribution in [-0.4, -0.2) is 65.6 Å². The Kier molecular flexibility index (Phi) is 7.98. The fourth-order valence-corrected chi connectivity index (χ4v) is 5.42. The van der Waals surface area contributed by atoms with Crippen molar-refractivity contribution in [2.45, 2.75) is 32.8 Å². The van der Waals surface area contributed by atoms with Crippen LogP contribution >= 0.6 is 12.4 Å². The van der Waals surface area contributed by atoms with Crippen molar-refractivity contribution in [3.8, 4) is 5.75 Å². The van der Waals surface area contributed by atoms with Gasteiger partial charge in [0, 0.05) is 29.6 Å². The van der Waals surface area contributed by atoms with Gasteiger partial charge in [0.05, 0.1) is 0 Å². The number of nitrogens with zero attached hydrogens (tertiary/aromatic N) is 2. The molecule has 6 nitrogen and oxygen atoms in total. The molecule has 1 atom stereocenters. The first-order valence-corrected chi connectivity index (χ1v) is 12.4. The van der Waals surface area contributed by atoms with Gasteiger partial charge in [-0.05, 0) is 86.5 Å². The van der Waals surface area contributed by atoms with Crippen molar-refractivity contribution in [2.24, 2.45) is 5.92 Å². The summed E-state index contributed by atoms with van der Waals surface area (Å²) in [5, 5.41) is 12.2. The molecule has 36 heavy (non-hydrogen) atoms. The van der Waals surface area contributed by atoms with Gasteiger partial charge in [-0.15, -0.1) is 12.4 Å². The van der Waals surface area contributed by atoms with E-state index in [4.69, 9.17) is 4.74 Å². The van der Waals surface area contributed by atoms with Gasteiger partial charge in [0.15, 0.2) is 0 Å². The van der Waals surface area contributed by atoms with Crippen LogP contribution in [0.25, 0.3) is 10.8 Å². The van der Waals surface area contributed by atoms with Crippen molar-refractivity contribution in [1.82, 2.24) is 9.80 Å². The van der Waals surface area contributed by atoms with E-state index in [0.717, 1.165) is 53.6 Å². The first kappa shape index (κ1) is 26.1. The Labute approximate surface area is 218 Å². The molecule has 0 bridgehead atoms. The third-order valence-electron chi connectivity index (χ3n) is 7.11. The molecule has 1 fully saturated rings. The number of likely N-dealkylation sites (tertiary alicyclic amines) is 1. The number of β-amino-alcohol motifs (C(OH)–C–C–N with tert-alkyl or cyclic N) is 1. The molecule has 0 spiro atoms. The highest BCUT2D eigenvalue weighted by molar-refractivity contribution is 6.25. The lowest BCUT2D eigenvalue weighted by molar-refractivity contribution is 0.0453. The molecule has 0 saturated carbocycles. The molecule has 0 radical (unpaired) electrons. The number of benzene rings is 3. The highest BCUT2D eigenvalue weighted by Crippen LogP contribution is 2.31. The molecule has 2 aliphatic heterocycles. The largest absolute Gasteiger partial charge is 0.491 e. The predicted molar refractivity (Wildman–Crippen MR) is 143 cm³/mol. The van der Waals surface area contributed by atoms with E-state index in [2.05, 4.69) is 11.0 Å². The summed E-state index contributed by atoms with van der Waals surface area (Å²) in [6.45, 7) is 6.96. The van der Waals surface area contributed by atoms with Crippen LogP contribution in [0.15, 0.2) is 54.6 Å². The second kappa shape index (κ2) is 11.0. The average Bonchev–Trinajstić information content (AvgIpc) is 2.84. The predicted octanol–water partition coefficient (Wildman–Crippen LogP) is 4.63. The molecule has 190 valence electrons. The Morgan fingerprint density at radius 1 is 0.944 bits per heavy atom. The highest BCUT2D eigenvalue weighted by Gasteiger charge is 2.34. The number of halogens is 1. The lowest BCUT2D eigenvalue weighted by atomic mass is 9.91. The number of hydrogen-bond acceptors (Lipinski definition) is 5. The molecule has 7 heteroatoms. The van der Waals surface area contributed by atoms with Crippen molar-refractivity contribution in [3.05, 3.63) is 76.9 Å². The Morgan fingerprint density at radius 3 is 2.11 bits per heavy atom. The first-order chi connectivity index (χ1) is 16.9. The number of hydrogen-bond donors (Lipinski definition) is 1. The van der Waals surface area contributed by atoms with E-state index in [0.29, 0.717) is 24.2 Å². The molecule has 2 aliphatic rings. The Hall–Kier alpha value is -2.93. The summed E-state index contributed by atoms with van der Waals surface area (Å²) >= 11 is 0. The van der Waals surface area contributed by atoms with E-state index < -0.39 is 6.10 Å². The fourth-order valence-electron chi connectivity index (χ4n) is 5.42. The molecule has 5 rings (SSSR count). The lowest BCUT2D eigenvalue weighted by Crippen LogP contribution is -2.46. The minimum absolute atomic E-state index is 0. The van der Waals surface area contributed by atoms with Gasteiger partial charge in [0.2, 0.25) is 0 Å². The van der Waals surface area contributed by atoms with Gasteiger partial charge in [-0.1, -0.05) is 30.3 Å². The number of carbonyl (C=O) groups excluding carboxylic acids is 2. The van der Waals surface area contributed by atoms with E-state index in [-0.39, 0.29) is 36.7 Å². The third kappa shape index (κ3) is 5.41. The quantitative estimate of drug-likeness (QED) is 0.471. The van der Waals surface area contributed by atoms with Gasteiger partial charge in [-0.3, -0.25) is 14.5 Å². The zero-order valence-electron chi connectivity index (χ0n) is 20.8. The molecule has 0 aliphatic carbocycles. The molecule has 0 aromatic heterocycles. The monoisotopic (exact) mass is 508 g/mol. The first-order valence-electron chi connectivity index (χ1n) is 12.4. The maximum atomic E-state index is 13.2. The highest BCUT2D eigenvalue weighted by atomic mass is 35.5. The summed E-state index contributed by atoms with van der Waals surface area (Å²) in [5.41, 5.74) is 3.51. The van der Waals surface area contributed by atoms with Gasteiger partial charge >= 0.3 is 0 Å². The lowest BCUT2D eigenvalue weighted by Gasteiger charge is -2.36. The Balaban J connectivity index is 0.00000304. The molecule has 1 N–H and O–H groups in total. The van der Waals surface area contributed by atoms with Crippen LogP contribution in [0.4, 0.5) is 0 Å². The average molecular weight is 509 g/mol. The molecule has 3 aromatic carbocycles. The van der Waals surface area contributed by atoms with Crippen molar-refractivity contribution in [3.63, 3.8) is 0 Å². The number of aliphatic hydroxyl groups excluding tert-OH is 1. The van der Waals surface area contributed by atoms with Crippen LogP contribution < -0.4 is 4.74 Å². The summed E-state index contributed by atoms with van der Waals surface area (Å²) in [5.74, 6) is 0.655. The van der Waals surface area contributed by atoms with E-state index in [1.807, 2.05) is 62.4 Å². The number of imide groups is 1. The number of amides is 2. The van der Waals surface area contributed by atoms with Crippen molar-refractivity contribution in [1.29, 1.82) is 0 Å². The van der Waals surface area contributed by atoms with E-state index in [1.165, 1.54) is 4.90 Å². The van der Waals surface area contributed by atoms with Gasteiger partial charge in [-0.2, -0.15) is 0 Å². The van der Waals surface area contributed by atoms with Gasteiger partial charge in [-0.25, -0.2) is 0 Å². The minimum atomic E-state index is -0.574. The molecular formula is C29H33ClN2O4. The standard InChI is InChI=1S/C29H32N2O4.ClH/c1-19-13-20(2)15-24(14-19)35-18-23(32)17-30-11-9-21(10-12-30)16-31-28(33)25-7-3-5-22-6-4-8-26(27(22)25)29(31)34;/h3-8,13-15,21,23,32H,9-12,16-18H2,1-2H3;1H. The number of aliphatic hydroxyl groups is 1. The normalized spacial score (nSPS) is 17.2. The smallest absolute Gasteiger partial charge is 0.261 e. The second-order valence-corrected chi connectivity index (χ2v) is 9.96. The summed E-state index contributed by atoms with van der Waals surface area (Å²) in [6, 6.07) is 17.3. The summed E-state index contributed by atoms with van der Waals surface area (Å²) in [6.07, 6.45) is 1.19. The third-order valence-corrected chi connectivity index (χ3v) is 7.11. The zero-order chi connectivity index (χ0) is 24.5. The van der Waals surface area contributed by atoms with E-state index in [1.54, 1.807) is 0 Å². The number of piperidine rings is 1. The molecule has 3 aromatic rings. The van der Waals surface area contributed by atoms with Crippen LogP contribution in [0.5, 0.6) is 5.75 Å². The van der Waals surface area contributed by atoms with Crippen LogP contribution in [-0.2, 0) is 0 Å². The zero-order valence-corrected chi connectivity index (χ0v) is 21.6. The van der Waals surface area contributed by atoms with E-state index in [9.17, 15) is 14.7 Å². The second-order valence-electron chi connectivity index (χ2n) is 9.96.